The molecule has 5 heteroatoms. The van der Waals surface area contributed by atoms with Crippen LogP contribution in [0.4, 0.5) is 5.69 Å². The van der Waals surface area contributed by atoms with Crippen molar-refractivity contribution in [1.29, 1.82) is 0 Å². The molecule has 0 saturated carbocycles. The van der Waals surface area contributed by atoms with Crippen molar-refractivity contribution >= 4 is 5.69 Å². The molecule has 0 bridgehead atoms. The quantitative estimate of drug-likeness (QED) is 0.890. The number of aryl methyl sites for hydroxylation is 1. The molecule has 1 heterocycles. The van der Waals surface area contributed by atoms with Crippen LogP contribution in [-0.4, -0.2) is 28.1 Å². The lowest BCUT2D eigenvalue weighted by Gasteiger charge is -2.22. The monoisotopic (exact) mass is 259 g/mol. The summed E-state index contributed by atoms with van der Waals surface area (Å²) in [6.45, 7) is 8.86. The van der Waals surface area contributed by atoms with Crippen LogP contribution < -0.4 is 10.6 Å². The van der Waals surface area contributed by atoms with Gasteiger partial charge >= 0.3 is 0 Å². The highest BCUT2D eigenvalue weighted by Crippen LogP contribution is 2.22. The number of nitrogens with two attached hydrogens (primary N) is 1. The van der Waals surface area contributed by atoms with Gasteiger partial charge in [-0.15, -0.1) is 5.10 Å². The van der Waals surface area contributed by atoms with E-state index in [4.69, 9.17) is 5.73 Å². The van der Waals surface area contributed by atoms with Gasteiger partial charge in [0.15, 0.2) is 0 Å². The first kappa shape index (κ1) is 13.5. The highest BCUT2D eigenvalue weighted by molar-refractivity contribution is 5.55. The van der Waals surface area contributed by atoms with Gasteiger partial charge in [0.25, 0.3) is 0 Å². The van der Waals surface area contributed by atoms with Crippen molar-refractivity contribution in [1.82, 2.24) is 15.0 Å². The summed E-state index contributed by atoms with van der Waals surface area (Å²) in [5.41, 5.74) is 10.1. The van der Waals surface area contributed by atoms with Crippen molar-refractivity contribution in [2.45, 2.75) is 27.3 Å². The molecular formula is C14H21N5. The first-order valence-corrected chi connectivity index (χ1v) is 6.66. The van der Waals surface area contributed by atoms with E-state index >= 15 is 0 Å². The van der Waals surface area contributed by atoms with Crippen molar-refractivity contribution in [3.8, 4) is 5.69 Å². The molecule has 2 N–H and O–H groups in total. The average Bonchev–Trinajstić information content (AvgIpc) is 2.88. The number of hydrogen-bond donors (Lipinski definition) is 1. The number of anilines is 1. The maximum absolute atomic E-state index is 5.69. The van der Waals surface area contributed by atoms with Gasteiger partial charge in [-0.05, 0) is 44.5 Å². The van der Waals surface area contributed by atoms with Crippen LogP contribution in [0.15, 0.2) is 24.4 Å². The maximum Gasteiger partial charge on any atom is 0.0781 e. The highest BCUT2D eigenvalue weighted by Gasteiger charge is 2.09. The Morgan fingerprint density at radius 1 is 1.26 bits per heavy atom. The summed E-state index contributed by atoms with van der Waals surface area (Å²) in [7, 11) is 0. The summed E-state index contributed by atoms with van der Waals surface area (Å²) in [5.74, 6) is 0. The van der Waals surface area contributed by atoms with Crippen LogP contribution in [0.1, 0.15) is 25.1 Å². The minimum atomic E-state index is 0.435. The van der Waals surface area contributed by atoms with Gasteiger partial charge in [0, 0.05) is 25.3 Å². The Balaban J connectivity index is 2.39. The number of benzene rings is 1. The summed E-state index contributed by atoms with van der Waals surface area (Å²) in [5, 5.41) is 8.03. The second kappa shape index (κ2) is 5.84. The van der Waals surface area contributed by atoms with Crippen molar-refractivity contribution in [3.63, 3.8) is 0 Å². The van der Waals surface area contributed by atoms with Crippen molar-refractivity contribution < 1.29 is 0 Å². The Morgan fingerprint density at radius 2 is 2.00 bits per heavy atom. The van der Waals surface area contributed by atoms with E-state index in [2.05, 4.69) is 54.2 Å². The minimum absolute atomic E-state index is 0.435. The molecule has 1 aromatic carbocycles. The van der Waals surface area contributed by atoms with Crippen molar-refractivity contribution in [2.75, 3.05) is 18.0 Å². The molecule has 0 atom stereocenters. The Morgan fingerprint density at radius 3 is 2.58 bits per heavy atom. The molecule has 0 aliphatic rings. The van der Waals surface area contributed by atoms with Gasteiger partial charge in [-0.2, -0.15) is 0 Å². The van der Waals surface area contributed by atoms with E-state index in [1.54, 1.807) is 10.9 Å². The fourth-order valence-electron chi connectivity index (χ4n) is 2.26. The molecule has 0 aliphatic heterocycles. The molecule has 5 nitrogen and oxygen atoms in total. The molecule has 0 fully saturated rings. The molecule has 2 rings (SSSR count). The summed E-state index contributed by atoms with van der Waals surface area (Å²) in [4.78, 5) is 2.32. The van der Waals surface area contributed by atoms with E-state index in [1.807, 2.05) is 0 Å². The summed E-state index contributed by atoms with van der Waals surface area (Å²) in [6, 6.07) is 6.39. The Labute approximate surface area is 114 Å². The van der Waals surface area contributed by atoms with E-state index in [1.165, 1.54) is 11.3 Å². The predicted molar refractivity (Wildman–Crippen MR) is 77.5 cm³/mol. The van der Waals surface area contributed by atoms with Crippen LogP contribution in [0.3, 0.4) is 0 Å². The van der Waals surface area contributed by atoms with Crippen LogP contribution in [-0.2, 0) is 6.54 Å². The summed E-state index contributed by atoms with van der Waals surface area (Å²) in [6.07, 6.45) is 1.71. The van der Waals surface area contributed by atoms with Crippen LogP contribution >= 0.6 is 0 Å². The SMILES string of the molecule is CCN(CC)c1ccc(-n2nncc2CN)c(C)c1. The first-order valence-electron chi connectivity index (χ1n) is 6.66. The molecule has 0 saturated heterocycles. The molecule has 19 heavy (non-hydrogen) atoms. The number of nitrogens with zero attached hydrogens (tertiary/aromatic N) is 4. The van der Waals surface area contributed by atoms with Gasteiger partial charge < -0.3 is 10.6 Å². The van der Waals surface area contributed by atoms with Crippen LogP contribution in [0.5, 0.6) is 0 Å². The van der Waals surface area contributed by atoms with Gasteiger partial charge in [0.1, 0.15) is 0 Å². The van der Waals surface area contributed by atoms with Crippen molar-refractivity contribution in [3.05, 3.63) is 35.7 Å². The molecule has 0 aliphatic carbocycles. The van der Waals surface area contributed by atoms with E-state index < -0.39 is 0 Å². The second-order valence-electron chi connectivity index (χ2n) is 4.48. The first-order chi connectivity index (χ1) is 9.21. The van der Waals surface area contributed by atoms with E-state index in [0.717, 1.165) is 24.5 Å². The third kappa shape index (κ3) is 2.61. The molecule has 0 radical (unpaired) electrons. The molecule has 102 valence electrons. The molecule has 0 unspecified atom stereocenters. The van der Waals surface area contributed by atoms with E-state index in [-0.39, 0.29) is 0 Å². The van der Waals surface area contributed by atoms with Gasteiger partial charge in [-0.1, -0.05) is 5.21 Å². The Bertz CT molecular complexity index is 543. The number of rotatable bonds is 5. The third-order valence-corrected chi connectivity index (χ3v) is 3.37. The minimum Gasteiger partial charge on any atom is -0.372 e. The van der Waals surface area contributed by atoms with Gasteiger partial charge in [-0.25, -0.2) is 4.68 Å². The normalized spacial score (nSPS) is 10.7. The maximum atomic E-state index is 5.69. The molecule has 2 aromatic rings. The lowest BCUT2D eigenvalue weighted by atomic mass is 10.1. The Kier molecular flexibility index (Phi) is 4.16. The largest absolute Gasteiger partial charge is 0.372 e. The zero-order chi connectivity index (χ0) is 13.8. The van der Waals surface area contributed by atoms with Gasteiger partial charge in [-0.3, -0.25) is 0 Å². The molecule has 0 spiro atoms. The predicted octanol–water partition coefficient (Wildman–Crippen LogP) is 1.88. The lowest BCUT2D eigenvalue weighted by molar-refractivity contribution is 0.757. The topological polar surface area (TPSA) is 60.0 Å². The summed E-state index contributed by atoms with van der Waals surface area (Å²) < 4.78 is 1.81. The van der Waals surface area contributed by atoms with Crippen molar-refractivity contribution in [2.24, 2.45) is 5.73 Å². The average molecular weight is 259 g/mol. The van der Waals surface area contributed by atoms with Crippen LogP contribution in [0.25, 0.3) is 5.69 Å². The smallest absolute Gasteiger partial charge is 0.0781 e. The summed E-state index contributed by atoms with van der Waals surface area (Å²) >= 11 is 0. The zero-order valence-corrected chi connectivity index (χ0v) is 11.8. The van der Waals surface area contributed by atoms with Crippen LogP contribution in [0, 0.1) is 6.92 Å². The Hall–Kier alpha value is -1.88. The fourth-order valence-corrected chi connectivity index (χ4v) is 2.26. The van der Waals surface area contributed by atoms with Gasteiger partial charge in [0.05, 0.1) is 17.6 Å². The third-order valence-electron chi connectivity index (χ3n) is 3.37. The lowest BCUT2D eigenvalue weighted by Crippen LogP contribution is -2.22. The number of aromatic nitrogens is 3. The highest BCUT2D eigenvalue weighted by atomic mass is 15.4. The van der Waals surface area contributed by atoms with Crippen LogP contribution in [0.2, 0.25) is 0 Å². The van der Waals surface area contributed by atoms with Gasteiger partial charge in [0.2, 0.25) is 0 Å². The second-order valence-corrected chi connectivity index (χ2v) is 4.48. The standard InChI is InChI=1S/C14H21N5/c1-4-18(5-2)12-6-7-14(11(3)8-12)19-13(9-15)10-16-17-19/h6-8,10H,4-5,9,15H2,1-3H3. The molecule has 1 aromatic heterocycles. The fraction of sp³-hybridized carbons (Fsp3) is 0.429. The molecular weight excluding hydrogens is 238 g/mol. The van der Waals surface area contributed by atoms with E-state index in [0.29, 0.717) is 6.54 Å². The number of hydrogen-bond acceptors (Lipinski definition) is 4. The van der Waals surface area contributed by atoms with E-state index in [9.17, 15) is 0 Å². The molecule has 0 amide bonds. The zero-order valence-electron chi connectivity index (χ0n) is 11.8.